The predicted molar refractivity (Wildman–Crippen MR) is 98.4 cm³/mol. The topological polar surface area (TPSA) is 33.1 Å². The van der Waals surface area contributed by atoms with Gasteiger partial charge in [-0.25, -0.2) is 0 Å². The predicted octanol–water partition coefficient (Wildman–Crippen LogP) is 3.64. The van der Waals surface area contributed by atoms with Gasteiger partial charge in [0.05, 0.1) is 0 Å². The van der Waals surface area contributed by atoms with Crippen LogP contribution in [0.5, 0.6) is 0 Å². The minimum absolute atomic E-state index is 0.676. The SMILES string of the molecule is CCCn1nccc1C1CCN(Cc2cccc3c2NCC3)CC1. The molecule has 0 unspecified atom stereocenters. The molecule has 1 N–H and O–H groups in total. The fourth-order valence-corrected chi connectivity index (χ4v) is 4.26. The maximum absolute atomic E-state index is 4.50. The number of para-hydroxylation sites is 1. The molecule has 0 aliphatic carbocycles. The van der Waals surface area contributed by atoms with Crippen molar-refractivity contribution in [2.45, 2.75) is 51.6 Å². The number of aromatic nitrogens is 2. The number of piperidine rings is 1. The zero-order valence-corrected chi connectivity index (χ0v) is 14.7. The molecule has 0 radical (unpaired) electrons. The number of nitrogens with zero attached hydrogens (tertiary/aromatic N) is 3. The highest BCUT2D eigenvalue weighted by atomic mass is 15.3. The third kappa shape index (κ3) is 3.07. The molecule has 1 saturated heterocycles. The molecule has 24 heavy (non-hydrogen) atoms. The Labute approximate surface area is 144 Å². The van der Waals surface area contributed by atoms with Gasteiger partial charge in [0.2, 0.25) is 0 Å². The number of benzene rings is 1. The van der Waals surface area contributed by atoms with E-state index in [0.29, 0.717) is 5.92 Å². The van der Waals surface area contributed by atoms with E-state index in [1.165, 1.54) is 54.9 Å². The van der Waals surface area contributed by atoms with Gasteiger partial charge in [0.15, 0.2) is 0 Å². The molecule has 2 aliphatic heterocycles. The molecule has 4 rings (SSSR count). The molecule has 0 saturated carbocycles. The molecule has 0 bridgehead atoms. The summed E-state index contributed by atoms with van der Waals surface area (Å²) in [6.07, 6.45) is 6.79. The van der Waals surface area contributed by atoms with Crippen LogP contribution in [-0.4, -0.2) is 34.3 Å². The number of hydrogen-bond donors (Lipinski definition) is 1. The second kappa shape index (κ2) is 6.98. The monoisotopic (exact) mass is 324 g/mol. The maximum Gasteiger partial charge on any atom is 0.0492 e. The van der Waals surface area contributed by atoms with Crippen LogP contribution in [0.2, 0.25) is 0 Å². The van der Waals surface area contributed by atoms with E-state index in [1.54, 1.807) is 0 Å². The van der Waals surface area contributed by atoms with Crippen molar-refractivity contribution >= 4 is 5.69 Å². The Hall–Kier alpha value is -1.81. The fraction of sp³-hybridized carbons (Fsp3) is 0.550. The smallest absolute Gasteiger partial charge is 0.0492 e. The molecular weight excluding hydrogens is 296 g/mol. The summed E-state index contributed by atoms with van der Waals surface area (Å²) < 4.78 is 2.22. The lowest BCUT2D eigenvalue weighted by molar-refractivity contribution is 0.201. The zero-order valence-electron chi connectivity index (χ0n) is 14.7. The summed E-state index contributed by atoms with van der Waals surface area (Å²) in [7, 11) is 0. The van der Waals surface area contributed by atoms with Crippen molar-refractivity contribution in [2.24, 2.45) is 0 Å². The summed E-state index contributed by atoms with van der Waals surface area (Å²) in [5.74, 6) is 0.676. The van der Waals surface area contributed by atoms with Gasteiger partial charge in [-0.2, -0.15) is 5.10 Å². The van der Waals surface area contributed by atoms with Gasteiger partial charge in [-0.05, 0) is 56.0 Å². The van der Waals surface area contributed by atoms with E-state index in [2.05, 4.69) is 51.2 Å². The van der Waals surface area contributed by atoms with E-state index < -0.39 is 0 Å². The number of rotatable bonds is 5. The van der Waals surface area contributed by atoms with Gasteiger partial charge in [-0.3, -0.25) is 9.58 Å². The van der Waals surface area contributed by atoms with E-state index in [-0.39, 0.29) is 0 Å². The summed E-state index contributed by atoms with van der Waals surface area (Å²) in [6.45, 7) is 7.81. The third-order valence-electron chi connectivity index (χ3n) is 5.52. The molecule has 4 heteroatoms. The summed E-state index contributed by atoms with van der Waals surface area (Å²) in [5, 5.41) is 8.07. The molecular formula is C20H28N4. The molecule has 1 aromatic heterocycles. The Kier molecular flexibility index (Phi) is 4.56. The van der Waals surface area contributed by atoms with Gasteiger partial charge in [0.25, 0.3) is 0 Å². The molecule has 3 heterocycles. The Morgan fingerprint density at radius 1 is 1.21 bits per heavy atom. The Morgan fingerprint density at radius 3 is 2.92 bits per heavy atom. The highest BCUT2D eigenvalue weighted by Crippen LogP contribution is 2.31. The van der Waals surface area contributed by atoms with Gasteiger partial charge in [0, 0.05) is 43.1 Å². The van der Waals surface area contributed by atoms with E-state index in [0.717, 1.165) is 26.1 Å². The summed E-state index contributed by atoms with van der Waals surface area (Å²) in [5.41, 5.74) is 5.81. The minimum atomic E-state index is 0.676. The van der Waals surface area contributed by atoms with E-state index in [1.807, 2.05) is 6.20 Å². The lowest BCUT2D eigenvalue weighted by Crippen LogP contribution is -2.33. The quantitative estimate of drug-likeness (QED) is 0.911. The van der Waals surface area contributed by atoms with Crippen molar-refractivity contribution in [1.82, 2.24) is 14.7 Å². The third-order valence-corrected chi connectivity index (χ3v) is 5.52. The van der Waals surface area contributed by atoms with Crippen LogP contribution < -0.4 is 5.32 Å². The molecule has 0 atom stereocenters. The average molecular weight is 324 g/mol. The second-order valence-corrected chi connectivity index (χ2v) is 7.16. The number of nitrogens with one attached hydrogen (secondary N) is 1. The highest BCUT2D eigenvalue weighted by Gasteiger charge is 2.24. The van der Waals surface area contributed by atoms with Gasteiger partial charge >= 0.3 is 0 Å². The van der Waals surface area contributed by atoms with Crippen molar-refractivity contribution in [2.75, 3.05) is 25.0 Å². The Bertz CT molecular complexity index is 683. The first kappa shape index (κ1) is 15.7. The molecule has 4 nitrogen and oxygen atoms in total. The van der Waals surface area contributed by atoms with E-state index in [9.17, 15) is 0 Å². The van der Waals surface area contributed by atoms with Crippen molar-refractivity contribution in [3.05, 3.63) is 47.3 Å². The number of fused-ring (bicyclic) bond motifs is 1. The molecule has 128 valence electrons. The minimum Gasteiger partial charge on any atom is -0.384 e. The van der Waals surface area contributed by atoms with Crippen LogP contribution in [0.3, 0.4) is 0 Å². The lowest BCUT2D eigenvalue weighted by Gasteiger charge is -2.32. The summed E-state index contributed by atoms with van der Waals surface area (Å²) >= 11 is 0. The van der Waals surface area contributed by atoms with Crippen LogP contribution in [0.1, 0.15) is 48.9 Å². The maximum atomic E-state index is 4.50. The first-order chi connectivity index (χ1) is 11.8. The fourth-order valence-electron chi connectivity index (χ4n) is 4.26. The summed E-state index contributed by atoms with van der Waals surface area (Å²) in [6, 6.07) is 9.00. The number of likely N-dealkylation sites (tertiary alicyclic amines) is 1. The van der Waals surface area contributed by atoms with Crippen LogP contribution >= 0.6 is 0 Å². The Morgan fingerprint density at radius 2 is 2.08 bits per heavy atom. The number of anilines is 1. The zero-order chi connectivity index (χ0) is 16.4. The lowest BCUT2D eigenvalue weighted by atomic mass is 9.93. The van der Waals surface area contributed by atoms with Gasteiger partial charge in [0.1, 0.15) is 0 Å². The second-order valence-electron chi connectivity index (χ2n) is 7.16. The van der Waals surface area contributed by atoms with Crippen LogP contribution in [-0.2, 0) is 19.5 Å². The van der Waals surface area contributed by atoms with E-state index in [4.69, 9.17) is 0 Å². The largest absolute Gasteiger partial charge is 0.384 e. The van der Waals surface area contributed by atoms with Crippen LogP contribution in [0.25, 0.3) is 0 Å². The van der Waals surface area contributed by atoms with Gasteiger partial charge in [-0.1, -0.05) is 25.1 Å². The van der Waals surface area contributed by atoms with Crippen LogP contribution in [0.4, 0.5) is 5.69 Å². The molecule has 0 spiro atoms. The van der Waals surface area contributed by atoms with Crippen molar-refractivity contribution in [3.8, 4) is 0 Å². The molecule has 1 fully saturated rings. The van der Waals surface area contributed by atoms with E-state index >= 15 is 0 Å². The Balaban J connectivity index is 1.38. The first-order valence-corrected chi connectivity index (χ1v) is 9.44. The van der Waals surface area contributed by atoms with Crippen LogP contribution in [0.15, 0.2) is 30.5 Å². The van der Waals surface area contributed by atoms with Crippen molar-refractivity contribution in [1.29, 1.82) is 0 Å². The van der Waals surface area contributed by atoms with Crippen molar-refractivity contribution in [3.63, 3.8) is 0 Å². The average Bonchev–Trinajstić information content (AvgIpc) is 3.26. The number of hydrogen-bond acceptors (Lipinski definition) is 3. The van der Waals surface area contributed by atoms with Gasteiger partial charge < -0.3 is 5.32 Å². The standard InChI is InChI=1S/C20H28N4/c1-2-12-24-19(7-11-22-24)16-8-13-23(14-9-16)15-18-5-3-4-17-6-10-21-20(17)18/h3-5,7,11,16,21H,2,6,8-10,12-15H2,1H3. The number of aryl methyl sites for hydroxylation is 1. The van der Waals surface area contributed by atoms with Crippen molar-refractivity contribution < 1.29 is 0 Å². The molecule has 1 aromatic carbocycles. The molecule has 2 aromatic rings. The molecule has 0 amide bonds. The van der Waals surface area contributed by atoms with Gasteiger partial charge in [-0.15, -0.1) is 0 Å². The highest BCUT2D eigenvalue weighted by molar-refractivity contribution is 5.61. The first-order valence-electron chi connectivity index (χ1n) is 9.44. The normalized spacial score (nSPS) is 18.5. The molecule has 2 aliphatic rings. The summed E-state index contributed by atoms with van der Waals surface area (Å²) in [4.78, 5) is 2.62. The van der Waals surface area contributed by atoms with Crippen LogP contribution in [0, 0.1) is 0 Å².